The van der Waals surface area contributed by atoms with Crippen LogP contribution in [0.4, 0.5) is 5.82 Å². The number of aromatic amines is 1. The largest absolute Gasteiger partial charge is 0.365 e. The Hall–Kier alpha value is -2.81. The third-order valence-electron chi connectivity index (χ3n) is 6.72. The summed E-state index contributed by atoms with van der Waals surface area (Å²) in [5, 5.41) is 4.57. The second kappa shape index (κ2) is 9.59. The number of H-pyrrole nitrogens is 1. The lowest BCUT2D eigenvalue weighted by Crippen LogP contribution is -2.45. The third-order valence-corrected chi connectivity index (χ3v) is 7.04. The molecule has 8 heteroatoms. The first-order valence-electron chi connectivity index (χ1n) is 11.8. The van der Waals surface area contributed by atoms with Crippen molar-refractivity contribution >= 4 is 40.0 Å². The lowest BCUT2D eigenvalue weighted by atomic mass is 10.1. The van der Waals surface area contributed by atoms with E-state index in [0.29, 0.717) is 0 Å². The molecule has 7 nitrogen and oxygen atoms in total. The minimum Gasteiger partial charge on any atom is -0.365 e. The van der Waals surface area contributed by atoms with Crippen LogP contribution in [-0.4, -0.2) is 62.0 Å². The molecule has 33 heavy (non-hydrogen) atoms. The van der Waals surface area contributed by atoms with E-state index in [1.165, 1.54) is 11.1 Å². The van der Waals surface area contributed by atoms with Crippen LogP contribution in [0, 0.1) is 4.77 Å². The number of aromatic nitrogens is 4. The maximum Gasteiger partial charge on any atom is 0.178 e. The minimum absolute atomic E-state index is 0.723. The predicted octanol–water partition coefficient (Wildman–Crippen LogP) is 4.41. The first-order valence-corrected chi connectivity index (χ1v) is 12.2. The summed E-state index contributed by atoms with van der Waals surface area (Å²) in [6, 6.07) is 12.9. The normalized spacial score (nSPS) is 15.5. The maximum absolute atomic E-state index is 5.48. The van der Waals surface area contributed by atoms with Crippen molar-refractivity contribution in [2.24, 2.45) is 0 Å². The molecule has 0 bridgehead atoms. The van der Waals surface area contributed by atoms with Crippen molar-refractivity contribution in [1.29, 1.82) is 0 Å². The number of imidazole rings is 1. The number of hydrogen-bond donors (Lipinski definition) is 2. The van der Waals surface area contributed by atoms with Gasteiger partial charge in [0.05, 0.1) is 16.6 Å². The fraction of sp³-hybridized carbons (Fsp3) is 0.400. The van der Waals surface area contributed by atoms with Crippen LogP contribution in [0.2, 0.25) is 0 Å². The van der Waals surface area contributed by atoms with Crippen LogP contribution in [0.1, 0.15) is 25.0 Å². The molecule has 172 valence electrons. The Morgan fingerprint density at radius 3 is 2.48 bits per heavy atom. The molecule has 0 atom stereocenters. The molecule has 0 aliphatic carbocycles. The Bertz CT molecular complexity index is 1320. The molecule has 5 rings (SSSR count). The van der Waals surface area contributed by atoms with E-state index in [4.69, 9.17) is 12.2 Å². The molecule has 0 amide bonds. The summed E-state index contributed by atoms with van der Waals surface area (Å²) in [7, 11) is 0. The van der Waals surface area contributed by atoms with E-state index >= 15 is 0 Å². The Morgan fingerprint density at radius 1 is 0.970 bits per heavy atom. The Balaban J connectivity index is 1.37. The number of rotatable bonds is 7. The molecular weight excluding hydrogens is 430 g/mol. The van der Waals surface area contributed by atoms with Gasteiger partial charge < -0.3 is 19.8 Å². The van der Waals surface area contributed by atoms with Crippen LogP contribution in [0.15, 0.2) is 42.7 Å². The highest BCUT2D eigenvalue weighted by Gasteiger charge is 2.17. The number of likely N-dealkylation sites (N-methyl/N-ethyl adjacent to an activating group) is 1. The Morgan fingerprint density at radius 2 is 1.73 bits per heavy atom. The molecule has 1 saturated heterocycles. The monoisotopic (exact) mass is 461 g/mol. The number of aryl methyl sites for hydroxylation is 1. The van der Waals surface area contributed by atoms with E-state index in [-0.39, 0.29) is 0 Å². The Labute approximate surface area is 199 Å². The predicted molar refractivity (Wildman–Crippen MR) is 137 cm³/mol. The summed E-state index contributed by atoms with van der Waals surface area (Å²) in [5.74, 6) is 0.844. The highest BCUT2D eigenvalue weighted by Crippen LogP contribution is 2.26. The number of nitrogens with one attached hydrogen (secondary N) is 2. The van der Waals surface area contributed by atoms with Crippen molar-refractivity contribution in [1.82, 2.24) is 29.3 Å². The van der Waals surface area contributed by atoms with Crippen molar-refractivity contribution in [2.75, 3.05) is 38.0 Å². The third kappa shape index (κ3) is 4.51. The van der Waals surface area contributed by atoms with Crippen molar-refractivity contribution in [2.45, 2.75) is 33.5 Å². The van der Waals surface area contributed by atoms with Crippen LogP contribution in [-0.2, 0) is 19.6 Å². The van der Waals surface area contributed by atoms with Gasteiger partial charge in [-0.25, -0.2) is 9.97 Å². The average Bonchev–Trinajstić information content (AvgIpc) is 3.16. The second-order valence-corrected chi connectivity index (χ2v) is 9.00. The molecule has 4 aromatic rings. The van der Waals surface area contributed by atoms with Crippen molar-refractivity contribution in [3.8, 4) is 0 Å². The minimum atomic E-state index is 0.723. The number of nitrogens with zero attached hydrogens (tertiary/aromatic N) is 5. The average molecular weight is 462 g/mol. The van der Waals surface area contributed by atoms with Crippen LogP contribution in [0.25, 0.3) is 21.9 Å². The number of fused-ring (bicyclic) bond motifs is 2. The first-order chi connectivity index (χ1) is 16.2. The van der Waals surface area contributed by atoms with Gasteiger partial charge in [-0.1, -0.05) is 31.2 Å². The van der Waals surface area contributed by atoms with Gasteiger partial charge in [-0.3, -0.25) is 4.90 Å². The number of benzene rings is 2. The molecule has 0 saturated carbocycles. The lowest BCUT2D eigenvalue weighted by molar-refractivity contribution is 0.131. The molecular formula is C25H31N7S. The summed E-state index contributed by atoms with van der Waals surface area (Å²) in [5.41, 5.74) is 5.69. The molecule has 0 radical (unpaired) electrons. The fourth-order valence-electron chi connectivity index (χ4n) is 4.73. The summed E-state index contributed by atoms with van der Waals surface area (Å²) in [4.78, 5) is 17.5. The summed E-state index contributed by atoms with van der Waals surface area (Å²) in [6.07, 6.45) is 1.63. The molecule has 2 N–H and O–H groups in total. The van der Waals surface area contributed by atoms with Gasteiger partial charge in [0.25, 0.3) is 0 Å². The number of anilines is 1. The quantitative estimate of drug-likeness (QED) is 0.398. The maximum atomic E-state index is 5.48. The standard InChI is InChI=1S/C25H31N7S/c1-3-30-9-11-31(12-10-30)16-19-8-6-5-7-18(19)15-26-24-20-13-22-23(14-21(20)27-17-28-24)32(4-2)25(33)29-22/h5-8,13-14,17H,3-4,9-12,15-16H2,1-2H3,(H,29,33)(H,26,27,28). The van der Waals surface area contributed by atoms with Gasteiger partial charge in [-0.05, 0) is 48.9 Å². The van der Waals surface area contributed by atoms with Gasteiger partial charge in [0, 0.05) is 51.2 Å². The van der Waals surface area contributed by atoms with Crippen molar-refractivity contribution in [3.63, 3.8) is 0 Å². The van der Waals surface area contributed by atoms with Gasteiger partial charge in [-0.15, -0.1) is 0 Å². The molecule has 1 aliphatic heterocycles. The van der Waals surface area contributed by atoms with Gasteiger partial charge in [-0.2, -0.15) is 0 Å². The molecule has 0 spiro atoms. The van der Waals surface area contributed by atoms with Crippen LogP contribution in [0.5, 0.6) is 0 Å². The van der Waals surface area contributed by atoms with Crippen molar-refractivity contribution in [3.05, 3.63) is 58.6 Å². The van der Waals surface area contributed by atoms with Crippen LogP contribution < -0.4 is 5.32 Å². The molecule has 1 aliphatic rings. The smallest absolute Gasteiger partial charge is 0.178 e. The summed E-state index contributed by atoms with van der Waals surface area (Å²) in [6.45, 7) is 12.6. The van der Waals surface area contributed by atoms with Gasteiger partial charge >= 0.3 is 0 Å². The summed E-state index contributed by atoms with van der Waals surface area (Å²) < 4.78 is 2.83. The zero-order chi connectivity index (χ0) is 22.8. The van der Waals surface area contributed by atoms with E-state index < -0.39 is 0 Å². The molecule has 0 unspecified atom stereocenters. The number of hydrogen-bond acceptors (Lipinski definition) is 6. The SMILES string of the molecule is CCN1CCN(Cc2ccccc2CNc2ncnc3cc4c(cc23)[nH]c(=S)n4CC)CC1. The number of piperazine rings is 1. The second-order valence-electron chi connectivity index (χ2n) is 8.62. The van der Waals surface area contributed by atoms with Crippen molar-refractivity contribution < 1.29 is 0 Å². The van der Waals surface area contributed by atoms with Crippen LogP contribution >= 0.6 is 12.2 Å². The molecule has 3 heterocycles. The van der Waals surface area contributed by atoms with E-state index in [2.05, 4.69) is 84.9 Å². The van der Waals surface area contributed by atoms with Gasteiger partial charge in [0.2, 0.25) is 0 Å². The molecule has 1 fully saturated rings. The fourth-order valence-corrected chi connectivity index (χ4v) is 5.07. The van der Waals surface area contributed by atoms with Gasteiger partial charge in [0.1, 0.15) is 12.1 Å². The zero-order valence-corrected chi connectivity index (χ0v) is 20.2. The van der Waals surface area contributed by atoms with E-state index in [9.17, 15) is 0 Å². The molecule has 2 aromatic carbocycles. The highest BCUT2D eigenvalue weighted by molar-refractivity contribution is 7.71. The van der Waals surface area contributed by atoms with E-state index in [0.717, 1.165) is 84.9 Å². The topological polar surface area (TPSA) is 65.0 Å². The highest BCUT2D eigenvalue weighted by atomic mass is 32.1. The van der Waals surface area contributed by atoms with E-state index in [1.54, 1.807) is 6.33 Å². The van der Waals surface area contributed by atoms with Gasteiger partial charge in [0.15, 0.2) is 4.77 Å². The zero-order valence-electron chi connectivity index (χ0n) is 19.3. The summed E-state index contributed by atoms with van der Waals surface area (Å²) >= 11 is 5.48. The molecule has 2 aromatic heterocycles. The van der Waals surface area contributed by atoms with E-state index in [1.807, 2.05) is 0 Å². The lowest BCUT2D eigenvalue weighted by Gasteiger charge is -2.34. The first kappa shape index (κ1) is 22.0. The Kier molecular flexibility index (Phi) is 6.39. The van der Waals surface area contributed by atoms with Crippen LogP contribution in [0.3, 0.4) is 0 Å².